The summed E-state index contributed by atoms with van der Waals surface area (Å²) in [6.07, 6.45) is 2.85. The van der Waals surface area contributed by atoms with Crippen LogP contribution in [0.25, 0.3) is 0 Å². The highest BCUT2D eigenvalue weighted by molar-refractivity contribution is 7.11. The summed E-state index contributed by atoms with van der Waals surface area (Å²) in [6.45, 7) is 11.9. The van der Waals surface area contributed by atoms with E-state index in [9.17, 15) is 0 Å². The molecule has 27 heavy (non-hydrogen) atoms. The first-order valence-corrected chi connectivity index (χ1v) is 10.5. The highest BCUT2D eigenvalue weighted by Gasteiger charge is 2.08. The van der Waals surface area contributed by atoms with E-state index in [2.05, 4.69) is 79.5 Å². The van der Waals surface area contributed by atoms with Crippen molar-refractivity contribution in [1.29, 1.82) is 0 Å². The van der Waals surface area contributed by atoms with Gasteiger partial charge in [-0.1, -0.05) is 24.3 Å². The van der Waals surface area contributed by atoms with Gasteiger partial charge in [-0.05, 0) is 45.9 Å². The Morgan fingerprint density at radius 3 is 2.59 bits per heavy atom. The first-order chi connectivity index (χ1) is 13.0. The maximum atomic E-state index is 4.79. The molecule has 0 saturated carbocycles. The predicted octanol–water partition coefficient (Wildman–Crippen LogP) is 3.59. The molecule has 1 aromatic heterocycles. The Balaban J connectivity index is 1.97. The van der Waals surface area contributed by atoms with Crippen molar-refractivity contribution in [3.05, 3.63) is 51.5 Å². The van der Waals surface area contributed by atoms with Gasteiger partial charge in [-0.25, -0.2) is 9.98 Å². The molecule has 2 N–H and O–H groups in total. The fraction of sp³-hybridized carbons (Fsp3) is 0.524. The zero-order valence-electron chi connectivity index (χ0n) is 17.2. The lowest BCUT2D eigenvalue weighted by molar-refractivity contribution is 0.265. The fourth-order valence-corrected chi connectivity index (χ4v) is 3.41. The van der Waals surface area contributed by atoms with Crippen LogP contribution in [0.5, 0.6) is 0 Å². The number of nitrogens with one attached hydrogen (secondary N) is 2. The highest BCUT2D eigenvalue weighted by Crippen LogP contribution is 2.14. The third-order valence-corrected chi connectivity index (χ3v) is 5.44. The number of guanidine groups is 1. The number of thiazole rings is 1. The monoisotopic (exact) mass is 387 g/mol. The summed E-state index contributed by atoms with van der Waals surface area (Å²) < 4.78 is 0. The molecule has 2 aromatic rings. The van der Waals surface area contributed by atoms with E-state index >= 15 is 0 Å². The van der Waals surface area contributed by atoms with Crippen LogP contribution in [0.15, 0.2) is 35.5 Å². The largest absolute Gasteiger partial charge is 0.357 e. The van der Waals surface area contributed by atoms with Crippen molar-refractivity contribution < 1.29 is 0 Å². The summed E-state index contributed by atoms with van der Waals surface area (Å²) >= 11 is 1.76. The van der Waals surface area contributed by atoms with E-state index in [1.165, 1.54) is 16.0 Å². The summed E-state index contributed by atoms with van der Waals surface area (Å²) in [4.78, 5) is 12.8. The number of hydrogen-bond donors (Lipinski definition) is 2. The van der Waals surface area contributed by atoms with Crippen LogP contribution < -0.4 is 10.6 Å². The molecule has 0 radical (unpaired) electrons. The normalized spacial score (nSPS) is 12.0. The first-order valence-electron chi connectivity index (χ1n) is 9.70. The maximum absolute atomic E-state index is 4.79. The van der Waals surface area contributed by atoms with Gasteiger partial charge in [0.15, 0.2) is 5.96 Å². The van der Waals surface area contributed by atoms with E-state index in [1.54, 1.807) is 11.3 Å². The lowest BCUT2D eigenvalue weighted by Crippen LogP contribution is -2.38. The van der Waals surface area contributed by atoms with Crippen LogP contribution in [0.1, 0.15) is 41.8 Å². The van der Waals surface area contributed by atoms with Crippen molar-refractivity contribution in [3.8, 4) is 0 Å². The SMILES string of the molecule is CCNC(=NCc1ccccc1CN(C)C(C)C)NCCc1ncc(C)s1. The molecule has 0 aliphatic carbocycles. The number of aryl methyl sites for hydroxylation is 1. The van der Waals surface area contributed by atoms with Crippen molar-refractivity contribution >= 4 is 17.3 Å². The quantitative estimate of drug-likeness (QED) is 0.510. The second-order valence-electron chi connectivity index (χ2n) is 7.01. The van der Waals surface area contributed by atoms with Crippen molar-refractivity contribution in [2.24, 2.45) is 4.99 Å². The summed E-state index contributed by atoms with van der Waals surface area (Å²) in [5.74, 6) is 0.859. The molecule has 0 atom stereocenters. The fourth-order valence-electron chi connectivity index (χ4n) is 2.63. The number of nitrogens with zero attached hydrogens (tertiary/aromatic N) is 3. The molecular weight excluding hydrogens is 354 g/mol. The van der Waals surface area contributed by atoms with E-state index in [1.807, 2.05) is 6.20 Å². The number of aromatic nitrogens is 1. The van der Waals surface area contributed by atoms with Crippen molar-refractivity contribution in [1.82, 2.24) is 20.5 Å². The summed E-state index contributed by atoms with van der Waals surface area (Å²) in [7, 11) is 2.16. The summed E-state index contributed by atoms with van der Waals surface area (Å²) in [6, 6.07) is 9.10. The van der Waals surface area contributed by atoms with Crippen LogP contribution in [-0.4, -0.2) is 42.0 Å². The van der Waals surface area contributed by atoms with Gasteiger partial charge < -0.3 is 10.6 Å². The molecule has 0 spiro atoms. The van der Waals surface area contributed by atoms with Crippen LogP contribution in [0, 0.1) is 6.92 Å². The van der Waals surface area contributed by atoms with Crippen LogP contribution in [0.2, 0.25) is 0 Å². The van der Waals surface area contributed by atoms with Gasteiger partial charge in [-0.2, -0.15) is 0 Å². The van der Waals surface area contributed by atoms with Crippen LogP contribution in [0.4, 0.5) is 0 Å². The molecule has 0 bridgehead atoms. The minimum atomic E-state index is 0.523. The number of aliphatic imine (C=N–C) groups is 1. The van der Waals surface area contributed by atoms with Crippen LogP contribution in [0.3, 0.4) is 0 Å². The van der Waals surface area contributed by atoms with E-state index in [0.717, 1.165) is 37.0 Å². The second kappa shape index (κ2) is 11.0. The van der Waals surface area contributed by atoms with Crippen molar-refractivity contribution in [3.63, 3.8) is 0 Å². The van der Waals surface area contributed by atoms with Gasteiger partial charge in [0, 0.05) is 43.2 Å². The third kappa shape index (κ3) is 7.31. The minimum absolute atomic E-state index is 0.523. The number of hydrogen-bond acceptors (Lipinski definition) is 4. The average Bonchev–Trinajstić information content (AvgIpc) is 3.05. The summed E-state index contributed by atoms with van der Waals surface area (Å²) in [5.41, 5.74) is 2.62. The number of benzene rings is 1. The predicted molar refractivity (Wildman–Crippen MR) is 116 cm³/mol. The highest BCUT2D eigenvalue weighted by atomic mass is 32.1. The lowest BCUT2D eigenvalue weighted by Gasteiger charge is -2.22. The summed E-state index contributed by atoms with van der Waals surface area (Å²) in [5, 5.41) is 7.92. The molecule has 148 valence electrons. The molecule has 1 aromatic carbocycles. The van der Waals surface area contributed by atoms with Gasteiger partial charge in [0.25, 0.3) is 0 Å². The Morgan fingerprint density at radius 1 is 1.22 bits per heavy atom. The molecule has 5 nitrogen and oxygen atoms in total. The lowest BCUT2D eigenvalue weighted by atomic mass is 10.1. The molecule has 0 aliphatic heterocycles. The third-order valence-electron chi connectivity index (χ3n) is 4.47. The van der Waals surface area contributed by atoms with Gasteiger partial charge in [0.1, 0.15) is 0 Å². The zero-order chi connectivity index (χ0) is 19.6. The van der Waals surface area contributed by atoms with Gasteiger partial charge in [-0.3, -0.25) is 4.90 Å². The Kier molecular flexibility index (Phi) is 8.75. The second-order valence-corrected chi connectivity index (χ2v) is 8.33. The van der Waals surface area contributed by atoms with Crippen molar-refractivity contribution in [2.75, 3.05) is 20.1 Å². The molecule has 0 fully saturated rings. The topological polar surface area (TPSA) is 52.6 Å². The van der Waals surface area contributed by atoms with Crippen LogP contribution >= 0.6 is 11.3 Å². The standard InChI is InChI=1S/C21H33N5S/c1-6-22-21(23-12-11-20-24-13-17(4)27-20)25-14-18-9-7-8-10-19(18)15-26(5)16(2)3/h7-10,13,16H,6,11-12,14-15H2,1-5H3,(H2,22,23,25). The maximum Gasteiger partial charge on any atom is 0.191 e. The smallest absolute Gasteiger partial charge is 0.191 e. The molecule has 0 unspecified atom stereocenters. The molecular formula is C21H33N5S. The average molecular weight is 388 g/mol. The van der Waals surface area contributed by atoms with E-state index < -0.39 is 0 Å². The molecule has 0 saturated heterocycles. The molecule has 6 heteroatoms. The Labute approximate surface area is 167 Å². The Hall–Kier alpha value is -1.92. The van der Waals surface area contributed by atoms with Gasteiger partial charge in [0.2, 0.25) is 0 Å². The van der Waals surface area contributed by atoms with Gasteiger partial charge >= 0.3 is 0 Å². The van der Waals surface area contributed by atoms with Crippen LogP contribution in [-0.2, 0) is 19.5 Å². The zero-order valence-corrected chi connectivity index (χ0v) is 18.1. The van der Waals surface area contributed by atoms with Crippen molar-refractivity contribution in [2.45, 2.75) is 53.2 Å². The Bertz CT molecular complexity index is 723. The molecule has 2 rings (SSSR count). The Morgan fingerprint density at radius 2 is 1.96 bits per heavy atom. The number of rotatable bonds is 9. The van der Waals surface area contributed by atoms with Gasteiger partial charge in [0.05, 0.1) is 11.6 Å². The van der Waals surface area contributed by atoms with Gasteiger partial charge in [-0.15, -0.1) is 11.3 Å². The van der Waals surface area contributed by atoms with E-state index in [-0.39, 0.29) is 0 Å². The molecule has 0 amide bonds. The molecule has 1 heterocycles. The first kappa shape index (κ1) is 21.4. The van der Waals surface area contributed by atoms with E-state index in [0.29, 0.717) is 12.6 Å². The van der Waals surface area contributed by atoms with E-state index in [4.69, 9.17) is 4.99 Å². The minimum Gasteiger partial charge on any atom is -0.357 e. The molecule has 0 aliphatic rings.